The number of aryl methyl sites for hydroxylation is 1. The highest BCUT2D eigenvalue weighted by atomic mass is 16.2. The lowest BCUT2D eigenvalue weighted by Gasteiger charge is -2.27. The van der Waals surface area contributed by atoms with Crippen LogP contribution in [0, 0.1) is 19.8 Å². The van der Waals surface area contributed by atoms with Crippen molar-refractivity contribution in [2.24, 2.45) is 5.92 Å². The summed E-state index contributed by atoms with van der Waals surface area (Å²) in [5.41, 5.74) is 2.56. The van der Waals surface area contributed by atoms with Crippen LogP contribution < -0.4 is 5.32 Å². The van der Waals surface area contributed by atoms with E-state index < -0.39 is 11.7 Å². The van der Waals surface area contributed by atoms with E-state index >= 15 is 0 Å². The first-order chi connectivity index (χ1) is 12.0. The molecule has 1 aliphatic carbocycles. The van der Waals surface area contributed by atoms with E-state index in [1.165, 1.54) is 6.42 Å². The van der Waals surface area contributed by atoms with E-state index in [-0.39, 0.29) is 6.04 Å². The van der Waals surface area contributed by atoms with Crippen molar-refractivity contribution < 1.29 is 9.59 Å². The van der Waals surface area contributed by atoms with E-state index in [0.29, 0.717) is 22.9 Å². The number of para-hydroxylation sites is 1. The van der Waals surface area contributed by atoms with Gasteiger partial charge in [0, 0.05) is 6.04 Å². The maximum absolute atomic E-state index is 12.7. The third-order valence-corrected chi connectivity index (χ3v) is 5.00. The second kappa shape index (κ2) is 7.21. The number of nitrogens with one attached hydrogen (secondary N) is 1. The summed E-state index contributed by atoms with van der Waals surface area (Å²) >= 11 is 0. The van der Waals surface area contributed by atoms with Crippen molar-refractivity contribution in [1.29, 1.82) is 0 Å². The number of hydrogen-bond acceptors (Lipinski definition) is 3. The molecule has 5 nitrogen and oxygen atoms in total. The predicted octanol–water partition coefficient (Wildman–Crippen LogP) is 3.37. The summed E-state index contributed by atoms with van der Waals surface area (Å²) in [6, 6.07) is 9.73. The van der Waals surface area contributed by atoms with Crippen LogP contribution in [0.15, 0.2) is 30.3 Å². The third-order valence-electron chi connectivity index (χ3n) is 5.00. The molecule has 1 aromatic heterocycles. The summed E-state index contributed by atoms with van der Waals surface area (Å²) in [4.78, 5) is 25.2. The Kier molecular flexibility index (Phi) is 5.02. The first-order valence-electron chi connectivity index (χ1n) is 8.94. The SMILES string of the molecule is Cc1nn(-c2ccccc2)c(C)c1C(=O)C(=O)N[C@H]1CCC[C@H](C)C1. The molecule has 2 atom stereocenters. The molecule has 0 saturated heterocycles. The molecule has 0 aliphatic heterocycles. The van der Waals surface area contributed by atoms with Crippen molar-refractivity contribution in [1.82, 2.24) is 15.1 Å². The van der Waals surface area contributed by atoms with Crippen molar-refractivity contribution in [2.75, 3.05) is 0 Å². The second-order valence-corrected chi connectivity index (χ2v) is 7.06. The molecule has 0 radical (unpaired) electrons. The van der Waals surface area contributed by atoms with Crippen molar-refractivity contribution in [3.05, 3.63) is 47.3 Å². The van der Waals surface area contributed by atoms with Crippen LogP contribution >= 0.6 is 0 Å². The Morgan fingerprint density at radius 3 is 2.56 bits per heavy atom. The third kappa shape index (κ3) is 3.65. The van der Waals surface area contributed by atoms with E-state index in [4.69, 9.17) is 0 Å². The maximum atomic E-state index is 12.7. The van der Waals surface area contributed by atoms with Crippen LogP contribution in [-0.4, -0.2) is 27.5 Å². The number of ketones is 1. The molecule has 132 valence electrons. The average Bonchev–Trinajstić information content (AvgIpc) is 2.89. The van der Waals surface area contributed by atoms with Gasteiger partial charge in [-0.2, -0.15) is 5.10 Å². The number of carbonyl (C=O) groups is 2. The first-order valence-corrected chi connectivity index (χ1v) is 8.94. The van der Waals surface area contributed by atoms with Crippen molar-refractivity contribution in [3.63, 3.8) is 0 Å². The molecule has 5 heteroatoms. The lowest BCUT2D eigenvalue weighted by Crippen LogP contribution is -2.41. The molecule has 1 saturated carbocycles. The molecule has 1 heterocycles. The van der Waals surface area contributed by atoms with Gasteiger partial charge in [0.2, 0.25) is 0 Å². The molecule has 0 unspecified atom stereocenters. The standard InChI is InChI=1S/C20H25N3O2/c1-13-8-7-9-16(12-13)21-20(25)19(24)18-14(2)22-23(15(18)3)17-10-5-4-6-11-17/h4-6,10-11,13,16H,7-9,12H2,1-3H3,(H,21,25)/t13-,16-/m0/s1. The molecule has 2 aromatic rings. The van der Waals surface area contributed by atoms with Gasteiger partial charge in [-0.25, -0.2) is 4.68 Å². The van der Waals surface area contributed by atoms with Crippen LogP contribution in [0.5, 0.6) is 0 Å². The Hall–Kier alpha value is -2.43. The van der Waals surface area contributed by atoms with Gasteiger partial charge in [0.1, 0.15) is 0 Å². The fourth-order valence-electron chi connectivity index (χ4n) is 3.72. The lowest BCUT2D eigenvalue weighted by molar-refractivity contribution is -0.117. The van der Waals surface area contributed by atoms with Gasteiger partial charge in [-0.3, -0.25) is 9.59 Å². The number of benzene rings is 1. The summed E-state index contributed by atoms with van der Waals surface area (Å²) < 4.78 is 1.72. The summed E-state index contributed by atoms with van der Waals surface area (Å²) in [6.07, 6.45) is 4.19. The van der Waals surface area contributed by atoms with Crippen LogP contribution in [0.25, 0.3) is 5.69 Å². The number of carbonyl (C=O) groups excluding carboxylic acids is 2. The Bertz CT molecular complexity index is 780. The van der Waals surface area contributed by atoms with Gasteiger partial charge < -0.3 is 5.32 Å². The molecule has 1 N–H and O–H groups in total. The largest absolute Gasteiger partial charge is 0.346 e. The van der Waals surface area contributed by atoms with Crippen LogP contribution in [0.2, 0.25) is 0 Å². The highest BCUT2D eigenvalue weighted by Gasteiger charge is 2.28. The van der Waals surface area contributed by atoms with Crippen LogP contribution in [0.4, 0.5) is 0 Å². The van der Waals surface area contributed by atoms with E-state index in [1.54, 1.807) is 11.6 Å². The molecule has 1 amide bonds. The molecular weight excluding hydrogens is 314 g/mol. The number of amides is 1. The highest BCUT2D eigenvalue weighted by Crippen LogP contribution is 2.24. The minimum Gasteiger partial charge on any atom is -0.346 e. The normalized spacial score (nSPS) is 20.3. The average molecular weight is 339 g/mol. The first kappa shape index (κ1) is 17.4. The molecule has 3 rings (SSSR count). The van der Waals surface area contributed by atoms with Crippen LogP contribution in [0.1, 0.15) is 54.4 Å². The molecule has 1 aromatic carbocycles. The number of rotatable bonds is 4. The van der Waals surface area contributed by atoms with Gasteiger partial charge in [-0.15, -0.1) is 0 Å². The fourth-order valence-corrected chi connectivity index (χ4v) is 3.72. The van der Waals surface area contributed by atoms with Gasteiger partial charge in [0.05, 0.1) is 22.6 Å². The summed E-state index contributed by atoms with van der Waals surface area (Å²) in [5, 5.41) is 7.38. The minimum absolute atomic E-state index is 0.102. The number of aromatic nitrogens is 2. The summed E-state index contributed by atoms with van der Waals surface area (Å²) in [7, 11) is 0. The van der Waals surface area contributed by atoms with Crippen LogP contribution in [0.3, 0.4) is 0 Å². The Balaban J connectivity index is 1.80. The van der Waals surface area contributed by atoms with Crippen LogP contribution in [-0.2, 0) is 4.79 Å². The molecular formula is C20H25N3O2. The van der Waals surface area contributed by atoms with E-state index in [1.807, 2.05) is 37.3 Å². The van der Waals surface area contributed by atoms with Gasteiger partial charge in [0.15, 0.2) is 0 Å². The topological polar surface area (TPSA) is 64.0 Å². The quantitative estimate of drug-likeness (QED) is 0.686. The fraction of sp³-hybridized carbons (Fsp3) is 0.450. The number of nitrogens with zero attached hydrogens (tertiary/aromatic N) is 2. The summed E-state index contributed by atoms with van der Waals surface area (Å²) in [6.45, 7) is 5.80. The van der Waals surface area contributed by atoms with Gasteiger partial charge in [-0.1, -0.05) is 38.0 Å². The molecule has 0 bridgehead atoms. The van der Waals surface area contributed by atoms with E-state index in [9.17, 15) is 9.59 Å². The van der Waals surface area contributed by atoms with Crippen molar-refractivity contribution >= 4 is 11.7 Å². The highest BCUT2D eigenvalue weighted by molar-refractivity contribution is 6.43. The zero-order valence-corrected chi connectivity index (χ0v) is 15.1. The molecule has 0 spiro atoms. The molecule has 25 heavy (non-hydrogen) atoms. The van der Waals surface area contributed by atoms with Gasteiger partial charge >= 0.3 is 0 Å². The maximum Gasteiger partial charge on any atom is 0.292 e. The van der Waals surface area contributed by atoms with E-state index in [0.717, 1.165) is 24.9 Å². The minimum atomic E-state index is -0.516. The van der Waals surface area contributed by atoms with E-state index in [2.05, 4.69) is 17.3 Å². The Labute approximate surface area is 148 Å². The van der Waals surface area contributed by atoms with Gasteiger partial charge in [-0.05, 0) is 44.7 Å². The predicted molar refractivity (Wildman–Crippen MR) is 96.9 cm³/mol. The number of hydrogen-bond donors (Lipinski definition) is 1. The monoisotopic (exact) mass is 339 g/mol. The molecule has 1 aliphatic rings. The Morgan fingerprint density at radius 2 is 1.88 bits per heavy atom. The number of Topliss-reactive ketones (excluding diaryl/α,β-unsaturated/α-hetero) is 1. The lowest BCUT2D eigenvalue weighted by atomic mass is 9.87. The summed E-state index contributed by atoms with van der Waals surface area (Å²) in [5.74, 6) is -0.410. The Morgan fingerprint density at radius 1 is 1.16 bits per heavy atom. The zero-order valence-electron chi connectivity index (χ0n) is 15.1. The molecule has 1 fully saturated rings. The van der Waals surface area contributed by atoms with Crippen molar-refractivity contribution in [2.45, 2.75) is 52.5 Å². The van der Waals surface area contributed by atoms with Gasteiger partial charge in [0.25, 0.3) is 11.7 Å². The smallest absolute Gasteiger partial charge is 0.292 e. The van der Waals surface area contributed by atoms with Crippen molar-refractivity contribution in [3.8, 4) is 5.69 Å². The zero-order chi connectivity index (χ0) is 18.0. The second-order valence-electron chi connectivity index (χ2n) is 7.06.